The van der Waals surface area contributed by atoms with Crippen LogP contribution in [0.1, 0.15) is 24.4 Å². The van der Waals surface area contributed by atoms with Crippen molar-refractivity contribution < 1.29 is 35.2 Å². The van der Waals surface area contributed by atoms with Crippen LogP contribution < -0.4 is 4.90 Å². The predicted octanol–water partition coefficient (Wildman–Crippen LogP) is 3.75. The van der Waals surface area contributed by atoms with Crippen LogP contribution in [0.4, 0.5) is 23.2 Å². The number of amides is 1. The number of rotatable bonds is 6. The second-order valence-corrected chi connectivity index (χ2v) is 11.1. The molecule has 1 fully saturated rings. The summed E-state index contributed by atoms with van der Waals surface area (Å²) < 4.78 is 84.0. The number of aromatic nitrogens is 4. The van der Waals surface area contributed by atoms with Gasteiger partial charge in [-0.05, 0) is 43.2 Å². The van der Waals surface area contributed by atoms with Gasteiger partial charge in [0, 0.05) is 42.7 Å². The molecule has 39 heavy (non-hydrogen) atoms. The summed E-state index contributed by atoms with van der Waals surface area (Å²) in [6, 6.07) is 8.50. The van der Waals surface area contributed by atoms with Gasteiger partial charge in [-0.1, -0.05) is 6.07 Å². The zero-order chi connectivity index (χ0) is 27.9. The quantitative estimate of drug-likeness (QED) is 0.327. The lowest BCUT2D eigenvalue weighted by atomic mass is 9.96. The molecule has 0 bridgehead atoms. The first-order valence-corrected chi connectivity index (χ1v) is 13.6. The monoisotopic (exact) mass is 566 g/mol. The van der Waals surface area contributed by atoms with Crippen molar-refractivity contribution in [2.24, 2.45) is 5.92 Å². The molecule has 15 heteroatoms. The standard InChI is InChI=1S/C24H22F4N6O4S/c1-39(36,37)33-9-6-15(7-10-33)22(35)34(19-4-2-3-17(25)12-19)14-18-13-32-8-5-16(11-20(32)29-18)21-30-31-23(38-21)24(26,27)28/h2-5,8,11-13,15H,6-7,9-10,14H2,1H3. The van der Waals surface area contributed by atoms with Crippen molar-refractivity contribution in [2.45, 2.75) is 25.6 Å². The van der Waals surface area contributed by atoms with Crippen molar-refractivity contribution in [3.05, 3.63) is 66.2 Å². The maximum Gasteiger partial charge on any atom is 0.470 e. The molecule has 10 nitrogen and oxygen atoms in total. The minimum atomic E-state index is -4.77. The molecule has 0 aliphatic carbocycles. The van der Waals surface area contributed by atoms with Crippen LogP contribution in [0.3, 0.4) is 0 Å². The van der Waals surface area contributed by atoms with E-state index in [1.807, 2.05) is 0 Å². The van der Waals surface area contributed by atoms with Crippen LogP contribution in [0.15, 0.2) is 53.2 Å². The molecule has 5 rings (SSSR count). The summed E-state index contributed by atoms with van der Waals surface area (Å²) >= 11 is 0. The van der Waals surface area contributed by atoms with E-state index in [4.69, 9.17) is 4.42 Å². The van der Waals surface area contributed by atoms with Crippen molar-refractivity contribution in [1.82, 2.24) is 23.9 Å². The molecular formula is C24H22F4N6O4S. The number of alkyl halides is 3. The van der Waals surface area contributed by atoms with E-state index in [2.05, 4.69) is 15.2 Å². The van der Waals surface area contributed by atoms with Crippen molar-refractivity contribution in [3.8, 4) is 11.5 Å². The smallest absolute Gasteiger partial charge is 0.413 e. The normalized spacial score (nSPS) is 15.6. The molecule has 1 aromatic carbocycles. The number of nitrogens with zero attached hydrogens (tertiary/aromatic N) is 6. The van der Waals surface area contributed by atoms with Crippen LogP contribution in [0.2, 0.25) is 0 Å². The second-order valence-electron chi connectivity index (χ2n) is 9.16. The highest BCUT2D eigenvalue weighted by atomic mass is 32.2. The lowest BCUT2D eigenvalue weighted by Crippen LogP contribution is -2.44. The molecule has 0 N–H and O–H groups in total. The lowest BCUT2D eigenvalue weighted by molar-refractivity contribution is -0.157. The van der Waals surface area contributed by atoms with Crippen molar-refractivity contribution >= 4 is 27.3 Å². The van der Waals surface area contributed by atoms with Crippen molar-refractivity contribution in [1.29, 1.82) is 0 Å². The van der Waals surface area contributed by atoms with Gasteiger partial charge in [-0.3, -0.25) is 4.79 Å². The molecule has 0 radical (unpaired) electrons. The minimum Gasteiger partial charge on any atom is -0.413 e. The summed E-state index contributed by atoms with van der Waals surface area (Å²) in [7, 11) is -3.37. The highest BCUT2D eigenvalue weighted by Gasteiger charge is 2.38. The Morgan fingerprint density at radius 3 is 2.54 bits per heavy atom. The number of carbonyl (C=O) groups is 1. The Labute approximate surface area is 219 Å². The van der Waals surface area contributed by atoms with Gasteiger partial charge in [-0.15, -0.1) is 10.2 Å². The summed E-state index contributed by atoms with van der Waals surface area (Å²) in [5.74, 6) is -3.10. The van der Waals surface area contributed by atoms with Gasteiger partial charge < -0.3 is 13.7 Å². The van der Waals surface area contributed by atoms with Crippen LogP contribution >= 0.6 is 0 Å². The molecule has 0 spiro atoms. The first-order valence-electron chi connectivity index (χ1n) is 11.8. The number of piperidine rings is 1. The molecule has 1 amide bonds. The third kappa shape index (κ3) is 5.78. The van der Waals surface area contributed by atoms with E-state index in [0.29, 0.717) is 29.9 Å². The SMILES string of the molecule is CS(=O)(=O)N1CCC(C(=O)N(Cc2cn3ccc(-c4nnc(C(F)(F)F)o4)cc3n2)c2cccc(F)c2)CC1. The van der Waals surface area contributed by atoms with E-state index in [1.54, 1.807) is 22.9 Å². The highest BCUT2D eigenvalue weighted by molar-refractivity contribution is 7.88. The number of halogens is 4. The third-order valence-electron chi connectivity index (χ3n) is 6.40. The van der Waals surface area contributed by atoms with Crippen molar-refractivity contribution in [3.63, 3.8) is 0 Å². The predicted molar refractivity (Wildman–Crippen MR) is 130 cm³/mol. The zero-order valence-corrected chi connectivity index (χ0v) is 21.3. The second kappa shape index (κ2) is 10.0. The topological polar surface area (TPSA) is 114 Å². The molecule has 3 aromatic heterocycles. The molecule has 1 aliphatic heterocycles. The number of benzene rings is 1. The van der Waals surface area contributed by atoms with Gasteiger partial charge in [0.05, 0.1) is 18.5 Å². The summed E-state index contributed by atoms with van der Waals surface area (Å²) in [5.41, 5.74) is 1.31. The maximum absolute atomic E-state index is 14.1. The largest absolute Gasteiger partial charge is 0.470 e. The molecule has 1 saturated heterocycles. The van der Waals surface area contributed by atoms with E-state index in [9.17, 15) is 30.8 Å². The van der Waals surface area contributed by atoms with Crippen LogP contribution in [0, 0.1) is 11.7 Å². The Morgan fingerprint density at radius 2 is 1.90 bits per heavy atom. The highest BCUT2D eigenvalue weighted by Crippen LogP contribution is 2.31. The molecule has 0 atom stereocenters. The van der Waals surface area contributed by atoms with Gasteiger partial charge in [0.1, 0.15) is 11.5 Å². The van der Waals surface area contributed by atoms with E-state index < -0.39 is 33.8 Å². The van der Waals surface area contributed by atoms with Crippen LogP contribution in [-0.2, 0) is 27.5 Å². The molecule has 0 unspecified atom stereocenters. The van der Waals surface area contributed by atoms with E-state index in [-0.39, 0.29) is 37.0 Å². The number of hydrogen-bond acceptors (Lipinski definition) is 7. The first-order chi connectivity index (χ1) is 18.4. The summed E-state index contributed by atoms with van der Waals surface area (Å²) in [6.45, 7) is 0.383. The van der Waals surface area contributed by atoms with Gasteiger partial charge in [0.15, 0.2) is 0 Å². The number of anilines is 1. The zero-order valence-electron chi connectivity index (χ0n) is 20.5. The Hall–Kier alpha value is -3.85. The summed E-state index contributed by atoms with van der Waals surface area (Å²) in [5, 5.41) is 6.49. The number of carbonyl (C=O) groups excluding carboxylic acids is 1. The van der Waals surface area contributed by atoms with Gasteiger partial charge in [0.25, 0.3) is 0 Å². The molecule has 4 heterocycles. The van der Waals surface area contributed by atoms with E-state index >= 15 is 0 Å². The fourth-order valence-electron chi connectivity index (χ4n) is 4.46. The molecule has 0 saturated carbocycles. The van der Waals surface area contributed by atoms with Gasteiger partial charge in [-0.2, -0.15) is 13.2 Å². The fraction of sp³-hybridized carbons (Fsp3) is 0.333. The molecular weight excluding hydrogens is 544 g/mol. The molecule has 4 aromatic rings. The first kappa shape index (κ1) is 26.7. The van der Waals surface area contributed by atoms with Crippen LogP contribution in [0.5, 0.6) is 0 Å². The number of sulfonamides is 1. The Kier molecular flexibility index (Phi) is 6.88. The number of fused-ring (bicyclic) bond motifs is 1. The van der Waals surface area contributed by atoms with E-state index in [0.717, 1.165) is 6.26 Å². The van der Waals surface area contributed by atoms with E-state index in [1.165, 1.54) is 39.5 Å². The number of pyridine rings is 1. The maximum atomic E-state index is 14.1. The lowest BCUT2D eigenvalue weighted by Gasteiger charge is -2.33. The Balaban J connectivity index is 1.41. The average molecular weight is 567 g/mol. The average Bonchev–Trinajstić information content (AvgIpc) is 3.53. The van der Waals surface area contributed by atoms with Gasteiger partial charge in [0.2, 0.25) is 21.8 Å². The van der Waals surface area contributed by atoms with Gasteiger partial charge >= 0.3 is 12.1 Å². The fourth-order valence-corrected chi connectivity index (χ4v) is 5.33. The van der Waals surface area contributed by atoms with Gasteiger partial charge in [-0.25, -0.2) is 22.1 Å². The minimum absolute atomic E-state index is 0.0234. The molecule has 1 aliphatic rings. The van der Waals surface area contributed by atoms with Crippen molar-refractivity contribution in [2.75, 3.05) is 24.2 Å². The third-order valence-corrected chi connectivity index (χ3v) is 7.71. The summed E-state index contributed by atoms with van der Waals surface area (Å²) in [6.07, 6.45) is 0.168. The molecule has 206 valence electrons. The number of imidazole rings is 1. The Bertz CT molecular complexity index is 1630. The Morgan fingerprint density at radius 1 is 1.15 bits per heavy atom. The van der Waals surface area contributed by atoms with Crippen LogP contribution in [-0.4, -0.2) is 57.6 Å². The van der Waals surface area contributed by atoms with Crippen LogP contribution in [0.25, 0.3) is 17.1 Å². The number of hydrogen-bond donors (Lipinski definition) is 0. The summed E-state index contributed by atoms with van der Waals surface area (Å²) in [4.78, 5) is 19.5.